The van der Waals surface area contributed by atoms with Crippen LogP contribution < -0.4 is 5.32 Å². The van der Waals surface area contributed by atoms with Gasteiger partial charge in [0.25, 0.3) is 5.91 Å². The van der Waals surface area contributed by atoms with Crippen molar-refractivity contribution in [3.8, 4) is 0 Å². The fourth-order valence-electron chi connectivity index (χ4n) is 4.85. The first-order valence-corrected chi connectivity index (χ1v) is 12.8. The number of nitrogens with one attached hydrogen (secondary N) is 1. The average molecular weight is 490 g/mol. The molecular weight excluding hydrogens is 461 g/mol. The number of nitrogens with zero attached hydrogens (tertiary/aromatic N) is 2. The molecular formula is C28H28FN3O2S. The summed E-state index contributed by atoms with van der Waals surface area (Å²) in [5.74, 6) is -0.336. The van der Waals surface area contributed by atoms with E-state index in [2.05, 4.69) is 9.88 Å². The minimum absolute atomic E-state index is 0.0227. The van der Waals surface area contributed by atoms with E-state index in [9.17, 15) is 14.0 Å². The van der Waals surface area contributed by atoms with Crippen molar-refractivity contribution >= 4 is 33.4 Å². The van der Waals surface area contributed by atoms with E-state index in [-0.39, 0.29) is 29.6 Å². The van der Waals surface area contributed by atoms with Crippen LogP contribution in [0.5, 0.6) is 0 Å². The summed E-state index contributed by atoms with van der Waals surface area (Å²) in [6.07, 6.45) is 1.30. The van der Waals surface area contributed by atoms with Crippen LogP contribution in [0.1, 0.15) is 47.4 Å². The Balaban J connectivity index is 1.28. The highest BCUT2D eigenvalue weighted by Gasteiger charge is 2.30. The predicted molar refractivity (Wildman–Crippen MR) is 137 cm³/mol. The maximum atomic E-state index is 13.6. The van der Waals surface area contributed by atoms with Crippen LogP contribution in [-0.4, -0.2) is 34.4 Å². The molecule has 0 spiro atoms. The van der Waals surface area contributed by atoms with Crippen LogP contribution in [0.4, 0.5) is 4.39 Å². The molecule has 1 atom stereocenters. The molecule has 1 fully saturated rings. The Morgan fingerprint density at radius 1 is 1.06 bits per heavy atom. The normalized spacial score (nSPS) is 15.3. The first kappa shape index (κ1) is 23.3. The molecule has 2 aromatic heterocycles. The van der Waals surface area contributed by atoms with Gasteiger partial charge in [0.15, 0.2) is 0 Å². The second kappa shape index (κ2) is 10.0. The van der Waals surface area contributed by atoms with Gasteiger partial charge in [0.1, 0.15) is 11.5 Å². The average Bonchev–Trinajstić information content (AvgIpc) is 3.49. The third-order valence-electron chi connectivity index (χ3n) is 6.88. The van der Waals surface area contributed by atoms with Crippen molar-refractivity contribution < 1.29 is 14.0 Å². The van der Waals surface area contributed by atoms with E-state index in [1.54, 1.807) is 23.5 Å². The Morgan fingerprint density at radius 3 is 2.49 bits per heavy atom. The first-order valence-electron chi connectivity index (χ1n) is 12.0. The van der Waals surface area contributed by atoms with Gasteiger partial charge in [-0.05, 0) is 60.5 Å². The monoisotopic (exact) mass is 489 g/mol. The lowest BCUT2D eigenvalue weighted by molar-refractivity contribution is -0.126. The van der Waals surface area contributed by atoms with E-state index in [1.807, 2.05) is 59.7 Å². The number of fused-ring (bicyclic) bond motifs is 1. The number of benzene rings is 2. The van der Waals surface area contributed by atoms with Gasteiger partial charge in [-0.15, -0.1) is 11.3 Å². The van der Waals surface area contributed by atoms with Crippen LogP contribution in [0.15, 0.2) is 72.1 Å². The Labute approximate surface area is 208 Å². The Morgan fingerprint density at radius 2 is 1.77 bits per heavy atom. The molecule has 0 saturated carbocycles. The molecule has 1 aliphatic heterocycles. The van der Waals surface area contributed by atoms with Gasteiger partial charge in [-0.3, -0.25) is 9.59 Å². The second-order valence-electron chi connectivity index (χ2n) is 9.07. The van der Waals surface area contributed by atoms with Crippen molar-refractivity contribution in [1.29, 1.82) is 0 Å². The standard InChI is InChI=1S/C28H28FN3O2S/c1-19(21-7-9-23(29)10-8-21)32-24-13-16-35-26(24)17-25(32)28(34)31-14-11-22(12-15-31)27(33)30-18-20-5-3-2-4-6-20/h2-10,13,16-17,19,22H,11-12,14-15,18H2,1H3,(H,30,33)/t19-/m0/s1. The smallest absolute Gasteiger partial charge is 0.270 e. The predicted octanol–water partition coefficient (Wildman–Crippen LogP) is 5.62. The highest BCUT2D eigenvalue weighted by atomic mass is 32.1. The van der Waals surface area contributed by atoms with Gasteiger partial charge >= 0.3 is 0 Å². The zero-order valence-corrected chi connectivity index (χ0v) is 20.4. The fraction of sp³-hybridized carbons (Fsp3) is 0.286. The first-order chi connectivity index (χ1) is 17.0. The summed E-state index contributed by atoms with van der Waals surface area (Å²) < 4.78 is 16.6. The summed E-state index contributed by atoms with van der Waals surface area (Å²) >= 11 is 1.60. The van der Waals surface area contributed by atoms with E-state index in [0.717, 1.165) is 21.3 Å². The quantitative estimate of drug-likeness (QED) is 0.382. The highest BCUT2D eigenvalue weighted by Crippen LogP contribution is 2.32. The topological polar surface area (TPSA) is 54.3 Å². The molecule has 4 aromatic rings. The van der Waals surface area contributed by atoms with Crippen LogP contribution in [0.25, 0.3) is 10.2 Å². The Kier molecular flexibility index (Phi) is 6.68. The molecule has 7 heteroatoms. The molecule has 5 nitrogen and oxygen atoms in total. The zero-order valence-electron chi connectivity index (χ0n) is 19.6. The molecule has 5 rings (SSSR count). The van der Waals surface area contributed by atoms with Crippen molar-refractivity contribution in [1.82, 2.24) is 14.8 Å². The molecule has 0 radical (unpaired) electrons. The van der Waals surface area contributed by atoms with Gasteiger partial charge in [-0.2, -0.15) is 0 Å². The molecule has 1 saturated heterocycles. The number of hydrogen-bond donors (Lipinski definition) is 1. The fourth-order valence-corrected chi connectivity index (χ4v) is 5.66. The van der Waals surface area contributed by atoms with Gasteiger partial charge < -0.3 is 14.8 Å². The summed E-state index contributed by atoms with van der Waals surface area (Å²) in [5.41, 5.74) is 3.66. The van der Waals surface area contributed by atoms with Gasteiger partial charge in [0.05, 0.1) is 16.3 Å². The number of amides is 2. The number of hydrogen-bond acceptors (Lipinski definition) is 3. The van der Waals surface area contributed by atoms with E-state index in [0.29, 0.717) is 38.2 Å². The summed E-state index contributed by atoms with van der Waals surface area (Å²) in [6, 6.07) is 20.2. The summed E-state index contributed by atoms with van der Waals surface area (Å²) in [4.78, 5) is 28.2. The number of rotatable bonds is 6. The molecule has 35 heavy (non-hydrogen) atoms. The maximum absolute atomic E-state index is 13.6. The van der Waals surface area contributed by atoms with E-state index >= 15 is 0 Å². The van der Waals surface area contributed by atoms with E-state index < -0.39 is 0 Å². The Bertz CT molecular complexity index is 1320. The van der Waals surface area contributed by atoms with E-state index in [1.165, 1.54) is 12.1 Å². The largest absolute Gasteiger partial charge is 0.352 e. The lowest BCUT2D eigenvalue weighted by Crippen LogP contribution is -2.43. The van der Waals surface area contributed by atoms with Gasteiger partial charge in [-0.25, -0.2) is 4.39 Å². The van der Waals surface area contributed by atoms with Crippen LogP contribution in [-0.2, 0) is 11.3 Å². The molecule has 3 heterocycles. The van der Waals surface area contributed by atoms with Gasteiger partial charge in [0, 0.05) is 25.6 Å². The van der Waals surface area contributed by atoms with Crippen LogP contribution >= 0.6 is 11.3 Å². The number of thiophene rings is 1. The summed E-state index contributed by atoms with van der Waals surface area (Å²) in [7, 11) is 0. The Hall–Kier alpha value is -3.45. The summed E-state index contributed by atoms with van der Waals surface area (Å²) in [5, 5.41) is 5.05. The molecule has 1 N–H and O–H groups in total. The molecule has 2 aromatic carbocycles. The second-order valence-corrected chi connectivity index (χ2v) is 10.0. The molecule has 0 bridgehead atoms. The number of aromatic nitrogens is 1. The number of piperidine rings is 1. The lowest BCUT2D eigenvalue weighted by atomic mass is 9.95. The maximum Gasteiger partial charge on any atom is 0.270 e. The SMILES string of the molecule is C[C@@H](c1ccc(F)cc1)n1c(C(=O)N2CCC(C(=O)NCc3ccccc3)CC2)cc2sccc21. The van der Waals surface area contributed by atoms with Crippen molar-refractivity contribution in [2.24, 2.45) is 5.92 Å². The number of carbonyl (C=O) groups is 2. The lowest BCUT2D eigenvalue weighted by Gasteiger charge is -2.32. The van der Waals surface area contributed by atoms with Crippen molar-refractivity contribution in [3.63, 3.8) is 0 Å². The molecule has 0 aliphatic carbocycles. The minimum Gasteiger partial charge on any atom is -0.352 e. The van der Waals surface area contributed by atoms with E-state index in [4.69, 9.17) is 0 Å². The highest BCUT2D eigenvalue weighted by molar-refractivity contribution is 7.17. The zero-order chi connectivity index (χ0) is 24.4. The third kappa shape index (κ3) is 4.86. The van der Waals surface area contributed by atoms with Crippen molar-refractivity contribution in [2.45, 2.75) is 32.4 Å². The summed E-state index contributed by atoms with van der Waals surface area (Å²) in [6.45, 7) is 3.65. The minimum atomic E-state index is -0.277. The van der Waals surface area contributed by atoms with Crippen molar-refractivity contribution in [3.05, 3.63) is 94.7 Å². The van der Waals surface area contributed by atoms with Crippen LogP contribution in [0.2, 0.25) is 0 Å². The molecule has 2 amide bonds. The number of likely N-dealkylation sites (tertiary alicyclic amines) is 1. The molecule has 1 aliphatic rings. The van der Waals surface area contributed by atoms with Crippen LogP contribution in [0, 0.1) is 11.7 Å². The molecule has 180 valence electrons. The van der Waals surface area contributed by atoms with Gasteiger partial charge in [0.2, 0.25) is 5.91 Å². The number of halogens is 1. The number of carbonyl (C=O) groups excluding carboxylic acids is 2. The van der Waals surface area contributed by atoms with Crippen molar-refractivity contribution in [2.75, 3.05) is 13.1 Å². The van der Waals surface area contributed by atoms with Crippen LogP contribution in [0.3, 0.4) is 0 Å². The third-order valence-corrected chi connectivity index (χ3v) is 7.73. The van der Waals surface area contributed by atoms with Gasteiger partial charge in [-0.1, -0.05) is 42.5 Å². The molecule has 0 unspecified atom stereocenters.